The summed E-state index contributed by atoms with van der Waals surface area (Å²) in [6.07, 6.45) is 3.72. The molecule has 2 unspecified atom stereocenters. The predicted molar refractivity (Wildman–Crippen MR) is 108 cm³/mol. The maximum absolute atomic E-state index is 12.7. The number of nitrogens with one attached hydrogen (secondary N) is 1. The van der Waals surface area contributed by atoms with Gasteiger partial charge < -0.3 is 11.1 Å². The number of hydrogen-bond donors (Lipinski definition) is 2. The Balaban J connectivity index is 0.00000243. The van der Waals surface area contributed by atoms with Gasteiger partial charge >= 0.3 is 0 Å². The highest BCUT2D eigenvalue weighted by Gasteiger charge is 2.26. The molecule has 3 N–H and O–H groups in total. The van der Waals surface area contributed by atoms with Crippen LogP contribution >= 0.6 is 12.4 Å². The van der Waals surface area contributed by atoms with Crippen LogP contribution in [0.3, 0.4) is 0 Å². The van der Waals surface area contributed by atoms with E-state index < -0.39 is 0 Å². The average Bonchev–Trinajstić information content (AvgIpc) is 2.99. The summed E-state index contributed by atoms with van der Waals surface area (Å²) in [7, 11) is 0. The highest BCUT2D eigenvalue weighted by molar-refractivity contribution is 5.92. The first-order valence-corrected chi connectivity index (χ1v) is 9.17. The Morgan fingerprint density at radius 1 is 1.27 bits per heavy atom. The number of amides is 1. The SMILES string of the molecule is Cc1ccc(-n2nc(C(C)C)cc2NC(=O)C2CCCC(N)C2)cc1.Cl. The van der Waals surface area contributed by atoms with Crippen LogP contribution in [-0.4, -0.2) is 21.7 Å². The third-order valence-electron chi connectivity index (χ3n) is 4.94. The molecule has 3 rings (SSSR count). The average molecular weight is 377 g/mol. The summed E-state index contributed by atoms with van der Waals surface area (Å²) >= 11 is 0. The molecule has 1 saturated carbocycles. The summed E-state index contributed by atoms with van der Waals surface area (Å²) in [6, 6.07) is 10.3. The van der Waals surface area contributed by atoms with Crippen molar-refractivity contribution in [1.29, 1.82) is 0 Å². The second-order valence-electron chi connectivity index (χ2n) is 7.47. The van der Waals surface area contributed by atoms with Crippen molar-refractivity contribution in [3.8, 4) is 5.69 Å². The third kappa shape index (κ3) is 4.65. The largest absolute Gasteiger partial charge is 0.328 e. The first-order chi connectivity index (χ1) is 11.9. The zero-order valence-corrected chi connectivity index (χ0v) is 16.6. The zero-order chi connectivity index (χ0) is 18.0. The molecule has 1 aromatic heterocycles. The molecular weight excluding hydrogens is 348 g/mol. The fourth-order valence-electron chi connectivity index (χ4n) is 3.35. The highest BCUT2D eigenvalue weighted by atomic mass is 35.5. The van der Waals surface area contributed by atoms with Gasteiger partial charge in [0.05, 0.1) is 11.4 Å². The predicted octanol–water partition coefficient (Wildman–Crippen LogP) is 4.18. The number of anilines is 1. The maximum Gasteiger partial charge on any atom is 0.228 e. The minimum Gasteiger partial charge on any atom is -0.328 e. The number of hydrogen-bond acceptors (Lipinski definition) is 3. The molecule has 0 saturated heterocycles. The van der Waals surface area contributed by atoms with E-state index >= 15 is 0 Å². The molecule has 1 amide bonds. The van der Waals surface area contributed by atoms with Gasteiger partial charge in [-0.2, -0.15) is 5.10 Å². The van der Waals surface area contributed by atoms with Gasteiger partial charge in [0.15, 0.2) is 0 Å². The normalized spacial score (nSPS) is 19.9. The number of carbonyl (C=O) groups is 1. The van der Waals surface area contributed by atoms with Crippen molar-refractivity contribution in [2.24, 2.45) is 11.7 Å². The molecule has 1 heterocycles. The minimum atomic E-state index is -0.00684. The van der Waals surface area contributed by atoms with Crippen LogP contribution in [0.2, 0.25) is 0 Å². The van der Waals surface area contributed by atoms with E-state index in [4.69, 9.17) is 10.8 Å². The number of halogens is 1. The number of benzene rings is 1. The molecule has 2 aromatic rings. The van der Waals surface area contributed by atoms with E-state index in [9.17, 15) is 4.79 Å². The van der Waals surface area contributed by atoms with Crippen molar-refractivity contribution in [3.63, 3.8) is 0 Å². The van der Waals surface area contributed by atoms with E-state index in [0.717, 1.165) is 42.9 Å². The highest BCUT2D eigenvalue weighted by Crippen LogP contribution is 2.27. The first kappa shape index (κ1) is 20.5. The van der Waals surface area contributed by atoms with Gasteiger partial charge in [0.1, 0.15) is 5.82 Å². The zero-order valence-electron chi connectivity index (χ0n) is 15.7. The van der Waals surface area contributed by atoms with Crippen molar-refractivity contribution < 1.29 is 4.79 Å². The molecule has 2 atom stereocenters. The molecule has 6 heteroatoms. The van der Waals surface area contributed by atoms with Gasteiger partial charge in [0.2, 0.25) is 5.91 Å². The number of aromatic nitrogens is 2. The monoisotopic (exact) mass is 376 g/mol. The van der Waals surface area contributed by atoms with E-state index in [1.165, 1.54) is 5.56 Å². The lowest BCUT2D eigenvalue weighted by Crippen LogP contribution is -2.34. The van der Waals surface area contributed by atoms with Gasteiger partial charge in [-0.3, -0.25) is 4.79 Å². The fraction of sp³-hybridized carbons (Fsp3) is 0.500. The Kier molecular flexibility index (Phi) is 6.84. The van der Waals surface area contributed by atoms with E-state index in [0.29, 0.717) is 5.92 Å². The second-order valence-corrected chi connectivity index (χ2v) is 7.47. The van der Waals surface area contributed by atoms with Gasteiger partial charge in [-0.15, -0.1) is 12.4 Å². The second kappa shape index (κ2) is 8.69. The molecule has 0 aliphatic heterocycles. The van der Waals surface area contributed by atoms with Crippen LogP contribution in [0.4, 0.5) is 5.82 Å². The number of carbonyl (C=O) groups excluding carboxylic acids is 1. The van der Waals surface area contributed by atoms with Crippen LogP contribution < -0.4 is 11.1 Å². The molecule has 1 fully saturated rings. The van der Waals surface area contributed by atoms with Gasteiger partial charge in [0.25, 0.3) is 0 Å². The van der Waals surface area contributed by atoms with Crippen LogP contribution in [-0.2, 0) is 4.79 Å². The number of rotatable bonds is 4. The van der Waals surface area contributed by atoms with Crippen molar-refractivity contribution in [2.75, 3.05) is 5.32 Å². The van der Waals surface area contributed by atoms with E-state index in [-0.39, 0.29) is 30.3 Å². The Hall–Kier alpha value is -1.85. The van der Waals surface area contributed by atoms with Crippen LogP contribution in [0, 0.1) is 12.8 Å². The lowest BCUT2D eigenvalue weighted by molar-refractivity contribution is -0.120. The molecule has 0 bridgehead atoms. The number of aryl methyl sites for hydroxylation is 1. The molecule has 26 heavy (non-hydrogen) atoms. The van der Waals surface area contributed by atoms with Crippen molar-refractivity contribution in [1.82, 2.24) is 9.78 Å². The van der Waals surface area contributed by atoms with E-state index in [1.807, 2.05) is 22.9 Å². The molecule has 5 nitrogen and oxygen atoms in total. The van der Waals surface area contributed by atoms with Gasteiger partial charge in [-0.1, -0.05) is 38.0 Å². The van der Waals surface area contributed by atoms with Crippen molar-refractivity contribution >= 4 is 24.1 Å². The van der Waals surface area contributed by atoms with Crippen LogP contribution in [0.25, 0.3) is 5.69 Å². The van der Waals surface area contributed by atoms with Crippen molar-refractivity contribution in [2.45, 2.75) is 58.4 Å². The molecule has 0 spiro atoms. The third-order valence-corrected chi connectivity index (χ3v) is 4.94. The summed E-state index contributed by atoms with van der Waals surface area (Å²) in [6.45, 7) is 6.27. The molecule has 0 radical (unpaired) electrons. The van der Waals surface area contributed by atoms with Crippen molar-refractivity contribution in [3.05, 3.63) is 41.6 Å². The number of nitrogens with zero attached hydrogens (tertiary/aromatic N) is 2. The molecule has 142 valence electrons. The van der Waals surface area contributed by atoms with Gasteiger partial charge in [-0.25, -0.2) is 4.68 Å². The Morgan fingerprint density at radius 3 is 2.58 bits per heavy atom. The molecule has 1 aliphatic rings. The lowest BCUT2D eigenvalue weighted by Gasteiger charge is -2.25. The van der Waals surface area contributed by atoms with Crippen LogP contribution in [0.1, 0.15) is 56.7 Å². The molecule has 1 aromatic carbocycles. The van der Waals surface area contributed by atoms with Crippen LogP contribution in [0.5, 0.6) is 0 Å². The first-order valence-electron chi connectivity index (χ1n) is 9.17. The Morgan fingerprint density at radius 2 is 1.96 bits per heavy atom. The molecular formula is C20H29ClN4O. The standard InChI is InChI=1S/C20H28N4O.ClH/c1-13(2)18-12-19(22-20(25)15-5-4-6-16(21)11-15)24(23-18)17-9-7-14(3)8-10-17;/h7-10,12-13,15-16H,4-6,11,21H2,1-3H3,(H,22,25);1H. The van der Waals surface area contributed by atoms with E-state index in [1.54, 1.807) is 0 Å². The smallest absolute Gasteiger partial charge is 0.228 e. The quantitative estimate of drug-likeness (QED) is 0.840. The van der Waals surface area contributed by atoms with Gasteiger partial charge in [-0.05, 0) is 44.2 Å². The Labute approximate surface area is 161 Å². The molecule has 1 aliphatic carbocycles. The minimum absolute atomic E-state index is 0. The topological polar surface area (TPSA) is 72.9 Å². The summed E-state index contributed by atoms with van der Waals surface area (Å²) in [5.74, 6) is 1.08. The summed E-state index contributed by atoms with van der Waals surface area (Å²) in [5, 5.41) is 7.80. The summed E-state index contributed by atoms with van der Waals surface area (Å²) in [5.41, 5.74) is 9.15. The van der Waals surface area contributed by atoms with Gasteiger partial charge in [0, 0.05) is 18.0 Å². The maximum atomic E-state index is 12.7. The fourth-order valence-corrected chi connectivity index (χ4v) is 3.35. The summed E-state index contributed by atoms with van der Waals surface area (Å²) in [4.78, 5) is 12.7. The van der Waals surface area contributed by atoms with Crippen LogP contribution in [0.15, 0.2) is 30.3 Å². The summed E-state index contributed by atoms with van der Waals surface area (Å²) < 4.78 is 1.83. The Bertz CT molecular complexity index is 739. The number of nitrogens with two attached hydrogens (primary N) is 1. The van der Waals surface area contributed by atoms with E-state index in [2.05, 4.69) is 38.2 Å². The lowest BCUT2D eigenvalue weighted by atomic mass is 9.85.